The van der Waals surface area contributed by atoms with Crippen molar-refractivity contribution < 1.29 is 4.79 Å². The van der Waals surface area contributed by atoms with Gasteiger partial charge in [0.25, 0.3) is 5.91 Å². The van der Waals surface area contributed by atoms with E-state index in [1.807, 2.05) is 35.7 Å². The summed E-state index contributed by atoms with van der Waals surface area (Å²) in [5, 5.41) is 6.03. The number of hydrogen-bond donors (Lipinski definition) is 2. The number of amides is 1. The van der Waals surface area contributed by atoms with Crippen LogP contribution in [0.5, 0.6) is 0 Å². The molecule has 3 N–H and O–H groups in total. The number of carbonyl (C=O) groups excluding carboxylic acids is 1. The highest BCUT2D eigenvalue weighted by Crippen LogP contribution is 2.34. The molecule has 0 unspecified atom stereocenters. The SMILES string of the molecule is NCC1CCN(c2cc3ncccc3cc2NC(=O)c2csc3cccnc23)CC1. The Bertz CT molecular complexity index is 1210. The zero-order valence-electron chi connectivity index (χ0n) is 16.5. The predicted octanol–water partition coefficient (Wildman–Crippen LogP) is 4.27. The zero-order chi connectivity index (χ0) is 20.5. The number of anilines is 2. The van der Waals surface area contributed by atoms with Gasteiger partial charge in [0.1, 0.15) is 0 Å². The molecule has 1 aliphatic heterocycles. The van der Waals surface area contributed by atoms with Gasteiger partial charge in [-0.05, 0) is 55.6 Å². The van der Waals surface area contributed by atoms with Crippen LogP contribution in [0.2, 0.25) is 0 Å². The Morgan fingerprint density at radius 3 is 2.80 bits per heavy atom. The number of carbonyl (C=O) groups is 1. The smallest absolute Gasteiger partial charge is 0.258 e. The summed E-state index contributed by atoms with van der Waals surface area (Å²) in [6.45, 7) is 2.58. The van der Waals surface area contributed by atoms with Crippen LogP contribution in [0.1, 0.15) is 23.2 Å². The Morgan fingerprint density at radius 1 is 1.17 bits per heavy atom. The average molecular weight is 418 g/mol. The number of nitrogens with zero attached hydrogens (tertiary/aromatic N) is 3. The molecular formula is C23H23N5OS. The first-order valence-electron chi connectivity index (χ1n) is 10.2. The highest BCUT2D eigenvalue weighted by molar-refractivity contribution is 7.17. The number of hydrogen-bond acceptors (Lipinski definition) is 6. The first-order valence-corrected chi connectivity index (χ1v) is 11.1. The highest BCUT2D eigenvalue weighted by Gasteiger charge is 2.22. The summed E-state index contributed by atoms with van der Waals surface area (Å²) in [6.07, 6.45) is 5.64. The maximum Gasteiger partial charge on any atom is 0.258 e. The van der Waals surface area contributed by atoms with E-state index in [4.69, 9.17) is 5.73 Å². The Labute approximate surface area is 178 Å². The Balaban J connectivity index is 1.51. The van der Waals surface area contributed by atoms with Crippen molar-refractivity contribution in [1.29, 1.82) is 0 Å². The van der Waals surface area contributed by atoms with E-state index in [9.17, 15) is 4.79 Å². The maximum atomic E-state index is 13.2. The van der Waals surface area contributed by atoms with E-state index in [-0.39, 0.29) is 5.91 Å². The monoisotopic (exact) mass is 417 g/mol. The molecule has 4 heterocycles. The molecule has 0 atom stereocenters. The van der Waals surface area contributed by atoms with E-state index in [1.165, 1.54) is 11.3 Å². The van der Waals surface area contributed by atoms with Gasteiger partial charge in [-0.15, -0.1) is 11.3 Å². The molecule has 4 aromatic rings. The van der Waals surface area contributed by atoms with Gasteiger partial charge in [-0.25, -0.2) is 0 Å². The lowest BCUT2D eigenvalue weighted by atomic mass is 9.96. The zero-order valence-corrected chi connectivity index (χ0v) is 17.4. The summed E-state index contributed by atoms with van der Waals surface area (Å²) >= 11 is 1.53. The van der Waals surface area contributed by atoms with E-state index in [2.05, 4.69) is 26.3 Å². The van der Waals surface area contributed by atoms with E-state index in [0.717, 1.165) is 65.0 Å². The average Bonchev–Trinajstić information content (AvgIpc) is 3.23. The highest BCUT2D eigenvalue weighted by atomic mass is 32.1. The summed E-state index contributed by atoms with van der Waals surface area (Å²) in [4.78, 5) is 24.4. The van der Waals surface area contributed by atoms with Gasteiger partial charge in [0.2, 0.25) is 0 Å². The van der Waals surface area contributed by atoms with Crippen LogP contribution in [0.15, 0.2) is 54.2 Å². The standard InChI is InChI=1S/C23H23N5OS/c24-13-15-5-9-28(10-6-15)20-12-18-16(3-1-7-25-18)11-19(20)27-23(29)17-14-30-21-4-2-8-26-22(17)21/h1-4,7-8,11-12,14-15H,5-6,9-10,13,24H2,(H,27,29). The molecule has 3 aromatic heterocycles. The molecular weight excluding hydrogens is 394 g/mol. The van der Waals surface area contributed by atoms with Crippen molar-refractivity contribution in [3.05, 3.63) is 59.7 Å². The van der Waals surface area contributed by atoms with E-state index in [1.54, 1.807) is 12.4 Å². The number of aromatic nitrogens is 2. The first-order chi connectivity index (χ1) is 14.7. The van der Waals surface area contributed by atoms with Crippen molar-refractivity contribution in [2.24, 2.45) is 11.7 Å². The van der Waals surface area contributed by atoms with Crippen molar-refractivity contribution in [1.82, 2.24) is 9.97 Å². The number of fused-ring (bicyclic) bond motifs is 2. The lowest BCUT2D eigenvalue weighted by Gasteiger charge is -2.34. The molecule has 0 radical (unpaired) electrons. The second kappa shape index (κ2) is 8.01. The van der Waals surface area contributed by atoms with Crippen LogP contribution < -0.4 is 16.0 Å². The third kappa shape index (κ3) is 3.51. The Hall–Kier alpha value is -3.03. The fraction of sp³-hybridized carbons (Fsp3) is 0.261. The lowest BCUT2D eigenvalue weighted by molar-refractivity contribution is 0.102. The predicted molar refractivity (Wildman–Crippen MR) is 123 cm³/mol. The number of benzene rings is 1. The summed E-state index contributed by atoms with van der Waals surface area (Å²) < 4.78 is 1.01. The largest absolute Gasteiger partial charge is 0.370 e. The summed E-state index contributed by atoms with van der Waals surface area (Å²) in [5.41, 5.74) is 9.96. The van der Waals surface area contributed by atoms with Gasteiger partial charge in [-0.1, -0.05) is 6.07 Å². The minimum absolute atomic E-state index is 0.138. The minimum atomic E-state index is -0.138. The van der Waals surface area contributed by atoms with Crippen molar-refractivity contribution in [2.45, 2.75) is 12.8 Å². The molecule has 0 saturated carbocycles. The Kier molecular flexibility index (Phi) is 5.06. The van der Waals surface area contributed by atoms with Crippen molar-refractivity contribution in [2.75, 3.05) is 29.9 Å². The maximum absolute atomic E-state index is 13.2. The third-order valence-electron chi connectivity index (χ3n) is 5.83. The van der Waals surface area contributed by atoms with Crippen LogP contribution in [0.4, 0.5) is 11.4 Å². The number of nitrogens with one attached hydrogen (secondary N) is 1. The number of nitrogens with two attached hydrogens (primary N) is 1. The van der Waals surface area contributed by atoms with Crippen molar-refractivity contribution in [3.63, 3.8) is 0 Å². The molecule has 152 valence electrons. The van der Waals surface area contributed by atoms with Crippen molar-refractivity contribution >= 4 is 49.7 Å². The molecule has 1 fully saturated rings. The number of rotatable bonds is 4. The Morgan fingerprint density at radius 2 is 1.97 bits per heavy atom. The minimum Gasteiger partial charge on any atom is -0.370 e. The lowest BCUT2D eigenvalue weighted by Crippen LogP contribution is -2.36. The summed E-state index contributed by atoms with van der Waals surface area (Å²) in [6, 6.07) is 11.9. The molecule has 0 spiro atoms. The van der Waals surface area contributed by atoms with Crippen LogP contribution in [0, 0.1) is 5.92 Å². The number of thiophene rings is 1. The molecule has 1 aromatic carbocycles. The summed E-state index contributed by atoms with van der Waals surface area (Å²) in [5.74, 6) is 0.433. The third-order valence-corrected chi connectivity index (χ3v) is 6.77. The normalized spacial score (nSPS) is 15.0. The molecule has 30 heavy (non-hydrogen) atoms. The van der Waals surface area contributed by atoms with Crippen LogP contribution in [0.3, 0.4) is 0 Å². The molecule has 1 amide bonds. The van der Waals surface area contributed by atoms with E-state index in [0.29, 0.717) is 11.5 Å². The molecule has 1 saturated heterocycles. The number of piperidine rings is 1. The molecule has 7 heteroatoms. The molecule has 0 aliphatic carbocycles. The van der Waals surface area contributed by atoms with Crippen LogP contribution >= 0.6 is 11.3 Å². The second-order valence-corrected chi connectivity index (χ2v) is 8.60. The van der Waals surface area contributed by atoms with Crippen molar-refractivity contribution in [3.8, 4) is 0 Å². The quantitative estimate of drug-likeness (QED) is 0.518. The molecule has 1 aliphatic rings. The fourth-order valence-electron chi connectivity index (χ4n) is 4.10. The van der Waals surface area contributed by atoms with Gasteiger partial charge in [0.05, 0.1) is 32.7 Å². The van der Waals surface area contributed by atoms with Gasteiger partial charge < -0.3 is 16.0 Å². The summed E-state index contributed by atoms with van der Waals surface area (Å²) in [7, 11) is 0. The van der Waals surface area contributed by atoms with Gasteiger partial charge in [0.15, 0.2) is 0 Å². The van der Waals surface area contributed by atoms with Gasteiger partial charge >= 0.3 is 0 Å². The van der Waals surface area contributed by atoms with Gasteiger partial charge in [-0.2, -0.15) is 0 Å². The topological polar surface area (TPSA) is 84.1 Å². The van der Waals surface area contributed by atoms with Crippen LogP contribution in [-0.2, 0) is 0 Å². The van der Waals surface area contributed by atoms with Crippen LogP contribution in [0.25, 0.3) is 21.1 Å². The fourth-order valence-corrected chi connectivity index (χ4v) is 4.99. The molecule has 5 rings (SSSR count). The molecule has 0 bridgehead atoms. The first kappa shape index (κ1) is 19.0. The number of pyridine rings is 2. The second-order valence-electron chi connectivity index (χ2n) is 7.69. The van der Waals surface area contributed by atoms with E-state index >= 15 is 0 Å². The van der Waals surface area contributed by atoms with Gasteiger partial charge in [0, 0.05) is 36.2 Å². The van der Waals surface area contributed by atoms with E-state index < -0.39 is 0 Å². The molecule has 6 nitrogen and oxygen atoms in total. The van der Waals surface area contributed by atoms with Crippen LogP contribution in [-0.4, -0.2) is 35.5 Å². The van der Waals surface area contributed by atoms with Gasteiger partial charge in [-0.3, -0.25) is 14.8 Å².